The van der Waals surface area contributed by atoms with E-state index in [0.29, 0.717) is 11.4 Å². The van der Waals surface area contributed by atoms with Crippen LogP contribution in [0.15, 0.2) is 29.2 Å². The maximum absolute atomic E-state index is 12.1. The van der Waals surface area contributed by atoms with E-state index in [-0.39, 0.29) is 0 Å². The average molecular weight is 223 g/mol. The molecule has 1 atom stereocenters. The lowest BCUT2D eigenvalue weighted by Gasteiger charge is -2.08. The standard InChI is InChI=1S/C10H13N3OS/c1-2-15(14,13-8-12)10-5-3-9(7-11)4-6-10/h2-6H,7,11H2,1H3,(H,13,14). The van der Waals surface area contributed by atoms with Crippen molar-refractivity contribution in [2.75, 3.05) is 0 Å². The van der Waals surface area contributed by atoms with Crippen LogP contribution in [0.2, 0.25) is 0 Å². The smallest absolute Gasteiger partial charge is 0.189 e. The van der Waals surface area contributed by atoms with Crippen LogP contribution in [-0.2, 0) is 16.3 Å². The molecule has 0 aromatic heterocycles. The van der Waals surface area contributed by atoms with E-state index in [1.807, 2.05) is 0 Å². The van der Waals surface area contributed by atoms with Gasteiger partial charge in [0.2, 0.25) is 0 Å². The molecule has 0 aliphatic carbocycles. The number of benzene rings is 1. The molecule has 0 amide bonds. The zero-order valence-electron chi connectivity index (χ0n) is 8.43. The molecule has 0 radical (unpaired) electrons. The van der Waals surface area contributed by atoms with Gasteiger partial charge in [0.05, 0.1) is 14.6 Å². The normalized spacial score (nSPS) is 13.7. The van der Waals surface area contributed by atoms with Crippen LogP contribution in [0.4, 0.5) is 0 Å². The molecular weight excluding hydrogens is 210 g/mol. The lowest BCUT2D eigenvalue weighted by Crippen LogP contribution is -2.20. The summed E-state index contributed by atoms with van der Waals surface area (Å²) in [4.78, 5) is 0.587. The number of nitrogens with one attached hydrogen (secondary N) is 1. The highest BCUT2D eigenvalue weighted by molar-refractivity contribution is 7.99. The SMILES string of the molecule is CC=S(=O)(NC#N)c1ccc(CN)cc1. The Hall–Kier alpha value is -1.51. The molecule has 15 heavy (non-hydrogen) atoms. The summed E-state index contributed by atoms with van der Waals surface area (Å²) in [6, 6.07) is 7.04. The second-order valence-corrected chi connectivity index (χ2v) is 5.25. The van der Waals surface area contributed by atoms with Crippen molar-refractivity contribution in [3.8, 4) is 6.19 Å². The highest BCUT2D eigenvalue weighted by Gasteiger charge is 2.07. The van der Waals surface area contributed by atoms with Crippen LogP contribution < -0.4 is 10.5 Å². The van der Waals surface area contributed by atoms with E-state index in [9.17, 15) is 4.21 Å². The third kappa shape index (κ3) is 2.49. The zero-order chi connectivity index (χ0) is 11.3. The number of nitrogens with two attached hydrogens (primary N) is 1. The molecule has 1 aromatic carbocycles. The van der Waals surface area contributed by atoms with E-state index in [0.717, 1.165) is 5.56 Å². The molecule has 0 saturated heterocycles. The second kappa shape index (κ2) is 4.82. The van der Waals surface area contributed by atoms with Gasteiger partial charge in [0, 0.05) is 6.54 Å². The third-order valence-corrected chi connectivity index (χ3v) is 4.07. The molecule has 0 heterocycles. The van der Waals surface area contributed by atoms with Crippen LogP contribution in [0.1, 0.15) is 12.5 Å². The van der Waals surface area contributed by atoms with E-state index >= 15 is 0 Å². The van der Waals surface area contributed by atoms with Gasteiger partial charge in [0.15, 0.2) is 6.19 Å². The van der Waals surface area contributed by atoms with Gasteiger partial charge in [-0.05, 0) is 30.0 Å². The van der Waals surface area contributed by atoms with Crippen molar-refractivity contribution in [2.24, 2.45) is 5.73 Å². The first kappa shape index (κ1) is 11.6. The molecule has 1 rings (SSSR count). The fourth-order valence-electron chi connectivity index (χ4n) is 1.15. The van der Waals surface area contributed by atoms with E-state index < -0.39 is 9.71 Å². The van der Waals surface area contributed by atoms with Gasteiger partial charge < -0.3 is 5.73 Å². The summed E-state index contributed by atoms with van der Waals surface area (Å²) in [7, 11) is -2.56. The molecule has 5 heteroatoms. The van der Waals surface area contributed by atoms with Gasteiger partial charge in [-0.3, -0.25) is 0 Å². The van der Waals surface area contributed by atoms with Crippen molar-refractivity contribution in [3.05, 3.63) is 29.8 Å². The number of nitriles is 1. The zero-order valence-corrected chi connectivity index (χ0v) is 9.25. The Labute approximate surface area is 89.9 Å². The Bertz CT molecular complexity index is 478. The quantitative estimate of drug-likeness (QED) is 0.447. The Morgan fingerprint density at radius 2 is 2.13 bits per heavy atom. The molecule has 3 N–H and O–H groups in total. The summed E-state index contributed by atoms with van der Waals surface area (Å²) in [5, 5.41) is 10.0. The Balaban J connectivity index is 3.17. The molecule has 1 aromatic rings. The lowest BCUT2D eigenvalue weighted by molar-refractivity contribution is 0.677. The number of nitrogens with zero attached hydrogens (tertiary/aromatic N) is 1. The first-order chi connectivity index (χ1) is 7.16. The van der Waals surface area contributed by atoms with Gasteiger partial charge in [-0.1, -0.05) is 12.1 Å². The van der Waals surface area contributed by atoms with Crippen LogP contribution in [0.5, 0.6) is 0 Å². The minimum Gasteiger partial charge on any atom is -0.326 e. The number of hydrogen-bond donors (Lipinski definition) is 2. The molecule has 80 valence electrons. The topological polar surface area (TPSA) is 78.9 Å². The molecule has 4 nitrogen and oxygen atoms in total. The first-order valence-electron chi connectivity index (χ1n) is 4.44. The fourth-order valence-corrected chi connectivity index (χ4v) is 2.33. The van der Waals surface area contributed by atoms with Gasteiger partial charge in [0.1, 0.15) is 0 Å². The van der Waals surface area contributed by atoms with Crippen molar-refractivity contribution >= 4 is 15.1 Å². The predicted molar refractivity (Wildman–Crippen MR) is 61.2 cm³/mol. The summed E-state index contributed by atoms with van der Waals surface area (Å²) in [5.41, 5.74) is 6.42. The summed E-state index contributed by atoms with van der Waals surface area (Å²) in [6.45, 7) is 2.10. The average Bonchev–Trinajstić information content (AvgIpc) is 2.29. The van der Waals surface area contributed by atoms with E-state index in [2.05, 4.69) is 4.72 Å². The molecule has 0 spiro atoms. The maximum Gasteiger partial charge on any atom is 0.189 e. The summed E-state index contributed by atoms with van der Waals surface area (Å²) < 4.78 is 14.4. The van der Waals surface area contributed by atoms with E-state index in [4.69, 9.17) is 11.0 Å². The van der Waals surface area contributed by atoms with Crippen molar-refractivity contribution in [1.29, 1.82) is 5.26 Å². The van der Waals surface area contributed by atoms with Crippen molar-refractivity contribution in [1.82, 2.24) is 4.72 Å². The predicted octanol–water partition coefficient (Wildman–Crippen LogP) is 0.596. The van der Waals surface area contributed by atoms with Gasteiger partial charge in [-0.15, -0.1) is 0 Å². The molecule has 0 fully saturated rings. The third-order valence-electron chi connectivity index (χ3n) is 2.04. The lowest BCUT2D eigenvalue weighted by atomic mass is 10.2. The van der Waals surface area contributed by atoms with Crippen molar-refractivity contribution < 1.29 is 4.21 Å². The van der Waals surface area contributed by atoms with Crippen molar-refractivity contribution in [2.45, 2.75) is 18.4 Å². The maximum atomic E-state index is 12.1. The molecule has 0 aliphatic rings. The van der Waals surface area contributed by atoms with Gasteiger partial charge in [0.25, 0.3) is 0 Å². The van der Waals surface area contributed by atoms with E-state index in [1.165, 1.54) is 5.37 Å². The molecular formula is C10H13N3OS. The van der Waals surface area contributed by atoms with Crippen LogP contribution in [0, 0.1) is 11.5 Å². The summed E-state index contributed by atoms with van der Waals surface area (Å²) in [5.74, 6) is 0. The van der Waals surface area contributed by atoms with Gasteiger partial charge in [-0.25, -0.2) is 8.93 Å². The number of hydrogen-bond acceptors (Lipinski definition) is 3. The Morgan fingerprint density at radius 1 is 1.53 bits per heavy atom. The number of rotatable bonds is 3. The largest absolute Gasteiger partial charge is 0.326 e. The monoisotopic (exact) mass is 223 g/mol. The van der Waals surface area contributed by atoms with Gasteiger partial charge >= 0.3 is 0 Å². The van der Waals surface area contributed by atoms with Crippen LogP contribution in [-0.4, -0.2) is 9.58 Å². The van der Waals surface area contributed by atoms with E-state index in [1.54, 1.807) is 37.4 Å². The first-order valence-corrected chi connectivity index (χ1v) is 6.07. The second-order valence-electron chi connectivity index (χ2n) is 2.90. The highest BCUT2D eigenvalue weighted by Crippen LogP contribution is 2.10. The summed E-state index contributed by atoms with van der Waals surface area (Å²) >= 11 is 0. The van der Waals surface area contributed by atoms with Gasteiger partial charge in [-0.2, -0.15) is 5.26 Å². The molecule has 0 saturated carbocycles. The van der Waals surface area contributed by atoms with Crippen LogP contribution in [0.25, 0.3) is 0 Å². The molecule has 1 unspecified atom stereocenters. The Morgan fingerprint density at radius 3 is 2.53 bits per heavy atom. The highest BCUT2D eigenvalue weighted by atomic mass is 32.2. The Kier molecular flexibility index (Phi) is 3.72. The van der Waals surface area contributed by atoms with Crippen molar-refractivity contribution in [3.63, 3.8) is 0 Å². The summed E-state index contributed by atoms with van der Waals surface area (Å²) in [6.07, 6.45) is 1.70. The minimum atomic E-state index is -2.56. The molecule has 0 bridgehead atoms. The fraction of sp³-hybridized carbons (Fsp3) is 0.200. The minimum absolute atomic E-state index is 0.447. The van der Waals surface area contributed by atoms with Crippen LogP contribution in [0.3, 0.4) is 0 Å². The molecule has 0 aliphatic heterocycles. The van der Waals surface area contributed by atoms with Crippen LogP contribution >= 0.6 is 0 Å².